The number of aryl methyl sites for hydroxylation is 1. The zero-order chi connectivity index (χ0) is 20.5. The van der Waals surface area contributed by atoms with E-state index in [9.17, 15) is 14.4 Å². The molecule has 0 aromatic carbocycles. The first-order chi connectivity index (χ1) is 14.0. The van der Waals surface area contributed by atoms with Gasteiger partial charge in [0.1, 0.15) is 6.54 Å². The fourth-order valence-corrected chi connectivity index (χ4v) is 3.06. The zero-order valence-electron chi connectivity index (χ0n) is 15.8. The van der Waals surface area contributed by atoms with Gasteiger partial charge in [-0.25, -0.2) is 24.9 Å². The van der Waals surface area contributed by atoms with E-state index < -0.39 is 11.2 Å². The molecule has 29 heavy (non-hydrogen) atoms. The Kier molecular flexibility index (Phi) is 4.51. The van der Waals surface area contributed by atoms with Gasteiger partial charge in [-0.3, -0.25) is 18.9 Å². The molecular weight excluding hydrogens is 374 g/mol. The van der Waals surface area contributed by atoms with E-state index in [4.69, 9.17) is 0 Å². The first-order valence-corrected chi connectivity index (χ1v) is 8.79. The second-order valence-electron chi connectivity index (χ2n) is 6.50. The van der Waals surface area contributed by atoms with Crippen LogP contribution in [-0.4, -0.2) is 29.6 Å². The molecule has 1 amide bonds. The summed E-state index contributed by atoms with van der Waals surface area (Å²) in [6.07, 6.45) is 4.83. The van der Waals surface area contributed by atoms with Crippen molar-refractivity contribution in [1.29, 1.82) is 0 Å². The van der Waals surface area contributed by atoms with Crippen molar-refractivity contribution in [1.82, 2.24) is 23.7 Å². The number of nitrogens with one attached hydrogen (secondary N) is 2. The summed E-state index contributed by atoms with van der Waals surface area (Å²) >= 11 is 0. The molecule has 0 unspecified atom stereocenters. The number of fused-ring (bicyclic) bond motifs is 1. The SMILES string of the molecule is Cn1c(=O)c2c(ncn2CC(=O)Nc2ccc(-c3ccccn3)c[nH+]2)n(C)c1=O. The maximum Gasteiger partial charge on any atom is 0.332 e. The average Bonchev–Trinajstić information content (AvgIpc) is 3.15. The molecule has 0 aliphatic heterocycles. The van der Waals surface area contributed by atoms with Gasteiger partial charge in [-0.05, 0) is 18.2 Å². The Hall–Kier alpha value is -4.08. The van der Waals surface area contributed by atoms with Gasteiger partial charge < -0.3 is 4.57 Å². The van der Waals surface area contributed by atoms with E-state index in [0.29, 0.717) is 5.82 Å². The van der Waals surface area contributed by atoms with Gasteiger partial charge >= 0.3 is 11.6 Å². The topological polar surface area (TPSA) is 118 Å². The number of nitrogens with zero attached hydrogens (tertiary/aromatic N) is 5. The molecular formula is C19H18N7O3+. The predicted octanol–water partition coefficient (Wildman–Crippen LogP) is -0.0515. The van der Waals surface area contributed by atoms with Crippen molar-refractivity contribution in [3.63, 3.8) is 0 Å². The number of anilines is 1. The summed E-state index contributed by atoms with van der Waals surface area (Å²) in [5, 5.41) is 2.74. The number of hydrogen-bond acceptors (Lipinski definition) is 5. The van der Waals surface area contributed by atoms with Crippen LogP contribution in [0.4, 0.5) is 5.82 Å². The molecule has 0 saturated heterocycles. The van der Waals surface area contributed by atoms with Crippen LogP contribution in [0.3, 0.4) is 0 Å². The summed E-state index contributed by atoms with van der Waals surface area (Å²) in [5.41, 5.74) is 1.15. The van der Waals surface area contributed by atoms with Gasteiger partial charge in [0.25, 0.3) is 11.4 Å². The highest BCUT2D eigenvalue weighted by Crippen LogP contribution is 2.14. The van der Waals surface area contributed by atoms with Crippen molar-refractivity contribution in [2.45, 2.75) is 6.54 Å². The summed E-state index contributed by atoms with van der Waals surface area (Å²) in [4.78, 5) is 48.3. The summed E-state index contributed by atoms with van der Waals surface area (Å²) < 4.78 is 3.69. The van der Waals surface area contributed by atoms with Crippen LogP contribution >= 0.6 is 0 Å². The van der Waals surface area contributed by atoms with Gasteiger partial charge in [-0.1, -0.05) is 6.07 Å². The third kappa shape index (κ3) is 3.31. The molecule has 10 heteroatoms. The first-order valence-electron chi connectivity index (χ1n) is 8.79. The summed E-state index contributed by atoms with van der Waals surface area (Å²) in [7, 11) is 2.92. The number of rotatable bonds is 4. The van der Waals surface area contributed by atoms with E-state index in [2.05, 4.69) is 20.3 Å². The van der Waals surface area contributed by atoms with E-state index in [1.807, 2.05) is 24.3 Å². The lowest BCUT2D eigenvalue weighted by atomic mass is 10.2. The first kappa shape index (κ1) is 18.3. The quantitative estimate of drug-likeness (QED) is 0.522. The minimum atomic E-state index is -0.500. The highest BCUT2D eigenvalue weighted by atomic mass is 16.2. The number of aromatic amines is 1. The molecule has 0 radical (unpaired) electrons. The van der Waals surface area contributed by atoms with Crippen LogP contribution < -0.4 is 21.5 Å². The third-order valence-corrected chi connectivity index (χ3v) is 4.58. The number of carbonyl (C=O) groups is 1. The smallest absolute Gasteiger partial charge is 0.313 e. The van der Waals surface area contributed by atoms with Crippen LogP contribution in [0.15, 0.2) is 58.6 Å². The largest absolute Gasteiger partial charge is 0.332 e. The molecule has 0 aliphatic carbocycles. The average molecular weight is 392 g/mol. The fourth-order valence-electron chi connectivity index (χ4n) is 3.06. The molecule has 0 bridgehead atoms. The number of carbonyl (C=O) groups excluding carboxylic acids is 1. The van der Waals surface area contributed by atoms with Crippen molar-refractivity contribution in [2.75, 3.05) is 5.32 Å². The Balaban J connectivity index is 1.55. The summed E-state index contributed by atoms with van der Waals surface area (Å²) in [5.74, 6) is 0.154. The number of aromatic nitrogens is 6. The summed E-state index contributed by atoms with van der Waals surface area (Å²) in [6.45, 7) is -0.125. The molecule has 0 saturated carbocycles. The second-order valence-corrected chi connectivity index (χ2v) is 6.50. The molecule has 146 valence electrons. The van der Waals surface area contributed by atoms with Crippen LogP contribution in [0.2, 0.25) is 0 Å². The molecule has 4 heterocycles. The van der Waals surface area contributed by atoms with E-state index in [0.717, 1.165) is 15.8 Å². The van der Waals surface area contributed by atoms with Crippen molar-refractivity contribution in [3.8, 4) is 11.3 Å². The molecule has 4 aromatic heterocycles. The van der Waals surface area contributed by atoms with Crippen molar-refractivity contribution < 1.29 is 9.78 Å². The maximum atomic E-state index is 12.5. The van der Waals surface area contributed by atoms with Crippen LogP contribution in [0.5, 0.6) is 0 Å². The fraction of sp³-hybridized carbons (Fsp3) is 0.158. The highest BCUT2D eigenvalue weighted by molar-refractivity contribution is 5.90. The lowest BCUT2D eigenvalue weighted by Gasteiger charge is -2.05. The van der Waals surface area contributed by atoms with Crippen LogP contribution in [-0.2, 0) is 25.4 Å². The molecule has 2 N–H and O–H groups in total. The van der Waals surface area contributed by atoms with Crippen LogP contribution in [0.1, 0.15) is 0 Å². The van der Waals surface area contributed by atoms with Crippen LogP contribution in [0, 0.1) is 0 Å². The Morgan fingerprint density at radius 1 is 1.10 bits per heavy atom. The van der Waals surface area contributed by atoms with E-state index in [1.165, 1.54) is 29.6 Å². The van der Waals surface area contributed by atoms with Crippen molar-refractivity contribution >= 4 is 22.9 Å². The molecule has 0 spiro atoms. The Morgan fingerprint density at radius 2 is 1.93 bits per heavy atom. The van der Waals surface area contributed by atoms with E-state index in [1.54, 1.807) is 18.5 Å². The monoisotopic (exact) mass is 392 g/mol. The second kappa shape index (κ2) is 7.15. The normalized spacial score (nSPS) is 11.0. The van der Waals surface area contributed by atoms with E-state index in [-0.39, 0.29) is 23.6 Å². The Morgan fingerprint density at radius 3 is 2.62 bits per heavy atom. The minimum absolute atomic E-state index is 0.125. The molecule has 0 fully saturated rings. The van der Waals surface area contributed by atoms with Gasteiger partial charge in [0, 0.05) is 31.9 Å². The highest BCUT2D eigenvalue weighted by Gasteiger charge is 2.18. The van der Waals surface area contributed by atoms with Crippen LogP contribution in [0.25, 0.3) is 22.4 Å². The third-order valence-electron chi connectivity index (χ3n) is 4.58. The molecule has 4 rings (SSSR count). The summed E-state index contributed by atoms with van der Waals surface area (Å²) in [6, 6.07) is 9.20. The Bertz CT molecular complexity index is 1320. The number of amides is 1. The van der Waals surface area contributed by atoms with E-state index >= 15 is 0 Å². The standard InChI is InChI=1S/C19H17N7O3/c1-24-17-16(18(28)25(2)19(24)29)26(11-22-17)10-15(27)23-14-7-6-12(9-21-14)13-5-3-4-8-20-13/h3-9,11H,10H2,1-2H3,(H,21,23,27)/p+1. The van der Waals surface area contributed by atoms with Gasteiger partial charge in [-0.2, -0.15) is 0 Å². The van der Waals surface area contributed by atoms with Crippen molar-refractivity contribution in [3.05, 3.63) is 69.9 Å². The predicted molar refractivity (Wildman–Crippen MR) is 105 cm³/mol. The van der Waals surface area contributed by atoms with Gasteiger partial charge in [0.2, 0.25) is 0 Å². The molecule has 4 aromatic rings. The molecule has 10 nitrogen and oxygen atoms in total. The van der Waals surface area contributed by atoms with Gasteiger partial charge in [-0.15, -0.1) is 0 Å². The molecule has 0 aliphatic rings. The lowest BCUT2D eigenvalue weighted by molar-refractivity contribution is -0.359. The zero-order valence-corrected chi connectivity index (χ0v) is 15.8. The molecule has 0 atom stereocenters. The Labute approximate surface area is 164 Å². The number of imidazole rings is 1. The van der Waals surface area contributed by atoms with Crippen molar-refractivity contribution in [2.24, 2.45) is 14.1 Å². The minimum Gasteiger partial charge on any atom is -0.313 e. The van der Waals surface area contributed by atoms with Gasteiger partial charge in [0.15, 0.2) is 11.2 Å². The number of H-pyrrole nitrogens is 1. The maximum absolute atomic E-state index is 12.5. The van der Waals surface area contributed by atoms with Gasteiger partial charge in [0.05, 0.1) is 18.2 Å². The lowest BCUT2D eigenvalue weighted by Crippen LogP contribution is -2.38. The number of hydrogen-bond donors (Lipinski definition) is 1. The number of pyridine rings is 2.